The minimum absolute atomic E-state index is 0.175. The number of aromatic amines is 1. The number of para-hydroxylation sites is 1. The zero-order valence-corrected chi connectivity index (χ0v) is 17.1. The topological polar surface area (TPSA) is 87.7 Å². The van der Waals surface area contributed by atoms with Crippen molar-refractivity contribution < 1.29 is 14.6 Å². The fourth-order valence-electron chi connectivity index (χ4n) is 3.17. The van der Waals surface area contributed by atoms with Crippen LogP contribution in [-0.4, -0.2) is 60.0 Å². The van der Waals surface area contributed by atoms with Crippen LogP contribution in [-0.2, 0) is 11.3 Å². The highest BCUT2D eigenvalue weighted by Gasteiger charge is 2.17. The van der Waals surface area contributed by atoms with Gasteiger partial charge in [0.15, 0.2) is 0 Å². The molecule has 1 atom stereocenters. The van der Waals surface area contributed by atoms with E-state index in [9.17, 15) is 9.90 Å². The first-order valence-electron chi connectivity index (χ1n) is 9.06. The van der Waals surface area contributed by atoms with Gasteiger partial charge in [-0.1, -0.05) is 18.2 Å². The number of fused-ring (bicyclic) bond motifs is 1. The predicted octanol–water partition coefficient (Wildman–Crippen LogP) is 2.49. The molecule has 0 aliphatic carbocycles. The number of aliphatic hydroxyl groups is 1. The number of benzene rings is 1. The van der Waals surface area contributed by atoms with E-state index >= 15 is 0 Å². The molecule has 28 heavy (non-hydrogen) atoms. The highest BCUT2D eigenvalue weighted by Crippen LogP contribution is 2.36. The van der Waals surface area contributed by atoms with Crippen molar-refractivity contribution in [2.75, 3.05) is 33.9 Å². The Morgan fingerprint density at radius 2 is 2.07 bits per heavy atom. The van der Waals surface area contributed by atoms with Gasteiger partial charge in [0.05, 0.1) is 31.8 Å². The number of aromatic nitrogens is 2. The van der Waals surface area contributed by atoms with E-state index in [4.69, 9.17) is 9.47 Å². The second-order valence-electron chi connectivity index (χ2n) is 6.62. The van der Waals surface area contributed by atoms with E-state index in [1.165, 1.54) is 11.3 Å². The maximum Gasteiger partial charge on any atom is 0.260 e. The highest BCUT2D eigenvalue weighted by molar-refractivity contribution is 7.17. The van der Waals surface area contributed by atoms with E-state index in [1.54, 1.807) is 21.1 Å². The molecule has 0 saturated carbocycles. The molecule has 0 fully saturated rings. The number of rotatable bonds is 9. The van der Waals surface area contributed by atoms with E-state index in [1.807, 2.05) is 34.5 Å². The molecule has 3 aromatic rings. The maximum absolute atomic E-state index is 12.8. The number of H-pyrrole nitrogens is 1. The third-order valence-corrected chi connectivity index (χ3v) is 5.27. The molecule has 1 unspecified atom stereocenters. The van der Waals surface area contributed by atoms with Gasteiger partial charge in [-0.15, -0.1) is 11.3 Å². The fourth-order valence-corrected chi connectivity index (χ4v) is 4.13. The minimum atomic E-state index is -0.480. The molecule has 0 saturated heterocycles. The van der Waals surface area contributed by atoms with Crippen LogP contribution in [0.15, 0.2) is 34.4 Å². The molecule has 7 nitrogen and oxygen atoms in total. The number of nitrogens with one attached hydrogen (secondary N) is 1. The second-order valence-corrected chi connectivity index (χ2v) is 7.48. The molecule has 3 rings (SSSR count). The van der Waals surface area contributed by atoms with Gasteiger partial charge in [0.1, 0.15) is 16.4 Å². The van der Waals surface area contributed by atoms with Crippen molar-refractivity contribution in [2.45, 2.75) is 19.6 Å². The average Bonchev–Trinajstić information content (AvgIpc) is 3.10. The summed E-state index contributed by atoms with van der Waals surface area (Å²) in [7, 11) is 3.25. The van der Waals surface area contributed by atoms with Crippen LogP contribution < -0.4 is 10.3 Å². The largest absolute Gasteiger partial charge is 0.496 e. The summed E-state index contributed by atoms with van der Waals surface area (Å²) in [5.74, 6) is 1.29. The molecule has 0 spiro atoms. The quantitative estimate of drug-likeness (QED) is 0.571. The normalized spacial score (nSPS) is 12.6. The Bertz CT molecular complexity index is 983. The van der Waals surface area contributed by atoms with E-state index in [0.29, 0.717) is 48.0 Å². The SMILES string of the molecule is COCCN(Cc1nc2scc(-c3ccccc3OC)c2c(=O)[nH]1)CC(C)O. The average molecular weight is 404 g/mol. The van der Waals surface area contributed by atoms with Crippen molar-refractivity contribution in [3.05, 3.63) is 45.8 Å². The number of ether oxygens (including phenoxy) is 2. The van der Waals surface area contributed by atoms with E-state index in [-0.39, 0.29) is 5.56 Å². The van der Waals surface area contributed by atoms with Crippen LogP contribution >= 0.6 is 11.3 Å². The van der Waals surface area contributed by atoms with Crippen LogP contribution in [0.3, 0.4) is 0 Å². The van der Waals surface area contributed by atoms with Crippen molar-refractivity contribution in [3.8, 4) is 16.9 Å². The summed E-state index contributed by atoms with van der Waals surface area (Å²) in [6.45, 7) is 3.82. The summed E-state index contributed by atoms with van der Waals surface area (Å²) in [6.07, 6.45) is -0.480. The van der Waals surface area contributed by atoms with Crippen LogP contribution in [0, 0.1) is 0 Å². The van der Waals surface area contributed by atoms with Crippen LogP contribution in [0.5, 0.6) is 5.75 Å². The third kappa shape index (κ3) is 4.59. The first-order valence-corrected chi connectivity index (χ1v) is 9.94. The van der Waals surface area contributed by atoms with Gasteiger partial charge in [0, 0.05) is 36.7 Å². The van der Waals surface area contributed by atoms with Crippen LogP contribution in [0.2, 0.25) is 0 Å². The van der Waals surface area contributed by atoms with E-state index < -0.39 is 6.10 Å². The summed E-state index contributed by atoms with van der Waals surface area (Å²) >= 11 is 1.44. The maximum atomic E-state index is 12.8. The molecule has 8 heteroatoms. The van der Waals surface area contributed by atoms with Crippen molar-refractivity contribution in [1.82, 2.24) is 14.9 Å². The summed E-state index contributed by atoms with van der Waals surface area (Å²) < 4.78 is 10.6. The van der Waals surface area contributed by atoms with Gasteiger partial charge in [0.25, 0.3) is 5.56 Å². The van der Waals surface area contributed by atoms with Crippen molar-refractivity contribution >= 4 is 21.6 Å². The standard InChI is InChI=1S/C20H25N3O4S/c1-13(24)10-23(8-9-26-2)11-17-21-19(25)18-15(12-28-20(18)22-17)14-6-4-5-7-16(14)27-3/h4-7,12-13,24H,8-11H2,1-3H3,(H,21,22,25). The lowest BCUT2D eigenvalue weighted by molar-refractivity contribution is 0.0925. The lowest BCUT2D eigenvalue weighted by Crippen LogP contribution is -2.34. The van der Waals surface area contributed by atoms with Gasteiger partial charge < -0.3 is 19.6 Å². The number of hydrogen-bond acceptors (Lipinski definition) is 7. The smallest absolute Gasteiger partial charge is 0.260 e. The van der Waals surface area contributed by atoms with Crippen molar-refractivity contribution in [2.24, 2.45) is 0 Å². The van der Waals surface area contributed by atoms with Gasteiger partial charge in [-0.25, -0.2) is 4.98 Å². The molecule has 0 aliphatic heterocycles. The lowest BCUT2D eigenvalue weighted by atomic mass is 10.1. The molecule has 0 bridgehead atoms. The fraction of sp³-hybridized carbons (Fsp3) is 0.400. The third-order valence-electron chi connectivity index (χ3n) is 4.40. The molecular weight excluding hydrogens is 378 g/mol. The van der Waals surface area contributed by atoms with Crippen molar-refractivity contribution in [1.29, 1.82) is 0 Å². The predicted molar refractivity (Wildman–Crippen MR) is 111 cm³/mol. The van der Waals surface area contributed by atoms with E-state index in [2.05, 4.69) is 9.97 Å². The molecule has 2 N–H and O–H groups in total. The monoisotopic (exact) mass is 403 g/mol. The highest BCUT2D eigenvalue weighted by atomic mass is 32.1. The zero-order chi connectivity index (χ0) is 20.1. The van der Waals surface area contributed by atoms with Crippen molar-refractivity contribution in [3.63, 3.8) is 0 Å². The number of thiophene rings is 1. The minimum Gasteiger partial charge on any atom is -0.496 e. The summed E-state index contributed by atoms with van der Waals surface area (Å²) in [4.78, 5) is 23.1. The molecule has 150 valence electrons. The summed E-state index contributed by atoms with van der Waals surface area (Å²) in [6, 6.07) is 7.62. The van der Waals surface area contributed by atoms with Gasteiger partial charge in [-0.05, 0) is 13.0 Å². The molecule has 1 aromatic carbocycles. The van der Waals surface area contributed by atoms with Gasteiger partial charge >= 0.3 is 0 Å². The second kappa shape index (κ2) is 9.29. The molecule has 0 radical (unpaired) electrons. The molecule has 0 amide bonds. The summed E-state index contributed by atoms with van der Waals surface area (Å²) in [5.41, 5.74) is 1.51. The number of methoxy groups -OCH3 is 2. The number of aliphatic hydroxyl groups excluding tert-OH is 1. The Hall–Kier alpha value is -2.26. The number of hydrogen-bond donors (Lipinski definition) is 2. The Kier molecular flexibility index (Phi) is 6.79. The summed E-state index contributed by atoms with van der Waals surface area (Å²) in [5, 5.41) is 12.2. The Morgan fingerprint density at radius 1 is 1.29 bits per heavy atom. The molecule has 2 aromatic heterocycles. The molecule has 0 aliphatic rings. The van der Waals surface area contributed by atoms with Crippen LogP contribution in [0.25, 0.3) is 21.3 Å². The van der Waals surface area contributed by atoms with Gasteiger partial charge in [0.2, 0.25) is 0 Å². The first-order chi connectivity index (χ1) is 13.5. The molecular formula is C20H25N3O4S. The van der Waals surface area contributed by atoms with Crippen LogP contribution in [0.1, 0.15) is 12.7 Å². The first kappa shape index (κ1) is 20.5. The van der Waals surface area contributed by atoms with Gasteiger partial charge in [-0.3, -0.25) is 9.69 Å². The van der Waals surface area contributed by atoms with Crippen LogP contribution in [0.4, 0.5) is 0 Å². The number of nitrogens with zero attached hydrogens (tertiary/aromatic N) is 2. The van der Waals surface area contributed by atoms with Gasteiger partial charge in [-0.2, -0.15) is 0 Å². The Labute approximate surface area is 167 Å². The Morgan fingerprint density at radius 3 is 2.79 bits per heavy atom. The zero-order valence-electron chi connectivity index (χ0n) is 16.3. The Balaban J connectivity index is 1.95. The lowest BCUT2D eigenvalue weighted by Gasteiger charge is -2.22. The molecule has 2 heterocycles. The van der Waals surface area contributed by atoms with E-state index in [0.717, 1.165) is 11.1 Å².